The summed E-state index contributed by atoms with van der Waals surface area (Å²) in [4.78, 5) is 21.9. The number of nitro benzene ring substituents is 1. The number of hydrogen-bond donors (Lipinski definition) is 2. The molecular formula is C12H17N3O3. The van der Waals surface area contributed by atoms with Crippen LogP contribution in [0.3, 0.4) is 0 Å². The number of nitrogens with zero attached hydrogens (tertiary/aromatic N) is 1. The van der Waals surface area contributed by atoms with Crippen LogP contribution in [0.15, 0.2) is 18.2 Å². The molecule has 98 valence electrons. The van der Waals surface area contributed by atoms with Crippen LogP contribution in [0, 0.1) is 17.0 Å². The molecule has 3 N–H and O–H groups in total. The number of benzene rings is 1. The number of rotatable bonds is 5. The Morgan fingerprint density at radius 2 is 2.22 bits per heavy atom. The van der Waals surface area contributed by atoms with Crippen LogP contribution in [0.5, 0.6) is 0 Å². The Balaban J connectivity index is 2.77. The minimum absolute atomic E-state index is 0.0332. The molecule has 0 heterocycles. The van der Waals surface area contributed by atoms with Gasteiger partial charge in [-0.3, -0.25) is 14.9 Å². The van der Waals surface area contributed by atoms with E-state index in [1.165, 1.54) is 12.1 Å². The zero-order valence-corrected chi connectivity index (χ0v) is 10.5. The highest BCUT2D eigenvalue weighted by Gasteiger charge is 2.14. The van der Waals surface area contributed by atoms with E-state index in [-0.39, 0.29) is 11.6 Å². The van der Waals surface area contributed by atoms with Crippen LogP contribution in [-0.4, -0.2) is 16.9 Å². The topological polar surface area (TPSA) is 98.3 Å². The Kier molecular flexibility index (Phi) is 4.79. The van der Waals surface area contributed by atoms with Gasteiger partial charge in [-0.1, -0.05) is 13.3 Å². The molecule has 1 rings (SSSR count). The summed E-state index contributed by atoms with van der Waals surface area (Å²) in [5, 5.41) is 13.3. The van der Waals surface area contributed by atoms with E-state index in [1.54, 1.807) is 13.0 Å². The average molecular weight is 251 g/mol. The zero-order valence-electron chi connectivity index (χ0n) is 10.5. The summed E-state index contributed by atoms with van der Waals surface area (Å²) >= 11 is 0. The molecule has 6 nitrogen and oxygen atoms in total. The van der Waals surface area contributed by atoms with Crippen molar-refractivity contribution in [2.24, 2.45) is 5.73 Å². The van der Waals surface area contributed by atoms with Gasteiger partial charge in [0, 0.05) is 17.3 Å². The molecule has 0 saturated carbocycles. The van der Waals surface area contributed by atoms with Crippen LogP contribution in [0.2, 0.25) is 0 Å². The van der Waals surface area contributed by atoms with Crippen LogP contribution < -0.4 is 11.1 Å². The van der Waals surface area contributed by atoms with Crippen molar-refractivity contribution in [3.05, 3.63) is 33.9 Å². The number of carbonyl (C=O) groups excluding carboxylic acids is 1. The van der Waals surface area contributed by atoms with Crippen molar-refractivity contribution >= 4 is 17.3 Å². The highest BCUT2D eigenvalue weighted by atomic mass is 16.6. The van der Waals surface area contributed by atoms with Gasteiger partial charge < -0.3 is 11.1 Å². The van der Waals surface area contributed by atoms with Crippen molar-refractivity contribution < 1.29 is 9.72 Å². The SMILES string of the molecule is CCC[C@H](N)C(=O)Nc1ccc([N+](=O)[O-])c(C)c1. The van der Waals surface area contributed by atoms with Crippen molar-refractivity contribution in [1.82, 2.24) is 0 Å². The summed E-state index contributed by atoms with van der Waals surface area (Å²) < 4.78 is 0. The van der Waals surface area contributed by atoms with Crippen LogP contribution >= 0.6 is 0 Å². The molecule has 0 aliphatic rings. The molecule has 18 heavy (non-hydrogen) atoms. The maximum Gasteiger partial charge on any atom is 0.272 e. The molecule has 0 aliphatic carbocycles. The molecule has 1 aromatic rings. The van der Waals surface area contributed by atoms with E-state index in [4.69, 9.17) is 5.73 Å². The smallest absolute Gasteiger partial charge is 0.272 e. The van der Waals surface area contributed by atoms with Gasteiger partial charge in [0.05, 0.1) is 11.0 Å². The van der Waals surface area contributed by atoms with Crippen molar-refractivity contribution in [2.45, 2.75) is 32.7 Å². The molecular weight excluding hydrogens is 234 g/mol. The summed E-state index contributed by atoms with van der Waals surface area (Å²) in [7, 11) is 0. The summed E-state index contributed by atoms with van der Waals surface area (Å²) in [5.74, 6) is -0.273. The number of nitrogens with two attached hydrogens (primary N) is 1. The minimum Gasteiger partial charge on any atom is -0.325 e. The first-order chi connectivity index (χ1) is 8.45. The first-order valence-electron chi connectivity index (χ1n) is 5.77. The van der Waals surface area contributed by atoms with Gasteiger partial charge in [-0.25, -0.2) is 0 Å². The number of hydrogen-bond acceptors (Lipinski definition) is 4. The lowest BCUT2D eigenvalue weighted by Crippen LogP contribution is -2.35. The van der Waals surface area contributed by atoms with E-state index in [9.17, 15) is 14.9 Å². The summed E-state index contributed by atoms with van der Waals surface area (Å²) in [6, 6.07) is 3.89. The van der Waals surface area contributed by atoms with Gasteiger partial charge in [-0.2, -0.15) is 0 Å². The number of aryl methyl sites for hydroxylation is 1. The van der Waals surface area contributed by atoms with Gasteiger partial charge in [-0.15, -0.1) is 0 Å². The quantitative estimate of drug-likeness (QED) is 0.617. The van der Waals surface area contributed by atoms with Crippen molar-refractivity contribution in [1.29, 1.82) is 0 Å². The molecule has 0 bridgehead atoms. The third-order valence-corrected chi connectivity index (χ3v) is 2.60. The normalized spacial score (nSPS) is 11.9. The van der Waals surface area contributed by atoms with Gasteiger partial charge in [0.2, 0.25) is 5.91 Å². The molecule has 1 aromatic carbocycles. The van der Waals surface area contributed by atoms with Crippen molar-refractivity contribution in [3.63, 3.8) is 0 Å². The maximum atomic E-state index is 11.7. The van der Waals surface area contributed by atoms with Crippen LogP contribution in [0.4, 0.5) is 11.4 Å². The number of anilines is 1. The van der Waals surface area contributed by atoms with E-state index in [1.807, 2.05) is 6.92 Å². The van der Waals surface area contributed by atoms with Gasteiger partial charge >= 0.3 is 0 Å². The second-order valence-electron chi connectivity index (χ2n) is 4.14. The Bertz CT molecular complexity index is 460. The molecule has 0 aliphatic heterocycles. The number of nitrogens with one attached hydrogen (secondary N) is 1. The molecule has 0 aromatic heterocycles. The fourth-order valence-corrected chi connectivity index (χ4v) is 1.62. The highest BCUT2D eigenvalue weighted by Crippen LogP contribution is 2.21. The maximum absolute atomic E-state index is 11.7. The number of amides is 1. The molecule has 0 radical (unpaired) electrons. The average Bonchev–Trinajstić information content (AvgIpc) is 2.28. The van der Waals surface area contributed by atoms with E-state index in [2.05, 4.69) is 5.32 Å². The Morgan fingerprint density at radius 1 is 1.56 bits per heavy atom. The monoisotopic (exact) mass is 251 g/mol. The largest absolute Gasteiger partial charge is 0.325 e. The van der Waals surface area contributed by atoms with Gasteiger partial charge in [0.25, 0.3) is 5.69 Å². The third-order valence-electron chi connectivity index (χ3n) is 2.60. The summed E-state index contributed by atoms with van der Waals surface area (Å²) in [6.07, 6.45) is 1.44. The Hall–Kier alpha value is -1.95. The first-order valence-corrected chi connectivity index (χ1v) is 5.77. The van der Waals surface area contributed by atoms with E-state index in [0.717, 1.165) is 6.42 Å². The Morgan fingerprint density at radius 3 is 2.72 bits per heavy atom. The lowest BCUT2D eigenvalue weighted by Gasteiger charge is -2.11. The summed E-state index contributed by atoms with van der Waals surface area (Å²) in [5.41, 5.74) is 6.73. The molecule has 0 spiro atoms. The van der Waals surface area contributed by atoms with Crippen molar-refractivity contribution in [2.75, 3.05) is 5.32 Å². The van der Waals surface area contributed by atoms with Gasteiger partial charge in [-0.05, 0) is 25.5 Å². The van der Waals surface area contributed by atoms with Gasteiger partial charge in [0.15, 0.2) is 0 Å². The van der Waals surface area contributed by atoms with Gasteiger partial charge in [0.1, 0.15) is 0 Å². The lowest BCUT2D eigenvalue weighted by atomic mass is 10.1. The number of carbonyl (C=O) groups is 1. The third kappa shape index (κ3) is 3.53. The number of nitro groups is 1. The molecule has 1 atom stereocenters. The van der Waals surface area contributed by atoms with Crippen molar-refractivity contribution in [3.8, 4) is 0 Å². The van der Waals surface area contributed by atoms with E-state index < -0.39 is 11.0 Å². The predicted octanol–water partition coefficient (Wildman–Crippen LogP) is 1.97. The first kappa shape index (κ1) is 14.1. The zero-order chi connectivity index (χ0) is 13.7. The molecule has 6 heteroatoms. The standard InChI is InChI=1S/C12H17N3O3/c1-3-4-10(13)12(16)14-9-5-6-11(15(17)18)8(2)7-9/h5-7,10H,3-4,13H2,1-2H3,(H,14,16)/t10-/m0/s1. The van der Waals surface area contributed by atoms with E-state index in [0.29, 0.717) is 17.7 Å². The second-order valence-corrected chi connectivity index (χ2v) is 4.14. The van der Waals surface area contributed by atoms with Crippen LogP contribution in [0.25, 0.3) is 0 Å². The van der Waals surface area contributed by atoms with Crippen LogP contribution in [-0.2, 0) is 4.79 Å². The highest BCUT2D eigenvalue weighted by molar-refractivity contribution is 5.94. The molecule has 1 amide bonds. The Labute approximate surface area is 105 Å². The fraction of sp³-hybridized carbons (Fsp3) is 0.417. The predicted molar refractivity (Wildman–Crippen MR) is 69.3 cm³/mol. The van der Waals surface area contributed by atoms with Crippen LogP contribution in [0.1, 0.15) is 25.3 Å². The minimum atomic E-state index is -0.550. The second kappa shape index (κ2) is 6.11. The molecule has 0 saturated heterocycles. The lowest BCUT2D eigenvalue weighted by molar-refractivity contribution is -0.385. The van der Waals surface area contributed by atoms with E-state index >= 15 is 0 Å². The summed E-state index contributed by atoms with van der Waals surface area (Å²) in [6.45, 7) is 3.57. The fourth-order valence-electron chi connectivity index (χ4n) is 1.62. The molecule has 0 unspecified atom stereocenters. The molecule has 0 fully saturated rings.